The molecule has 0 atom stereocenters. The van der Waals surface area contributed by atoms with Gasteiger partial charge in [-0.05, 0) is 36.4 Å². The highest BCUT2D eigenvalue weighted by molar-refractivity contribution is 7.90. The summed E-state index contributed by atoms with van der Waals surface area (Å²) in [5, 5.41) is 0.655. The Hall–Kier alpha value is -2.60. The quantitative estimate of drug-likeness (QED) is 0.697. The predicted octanol–water partition coefficient (Wildman–Crippen LogP) is 2.66. The first-order chi connectivity index (χ1) is 10.5. The molecule has 0 saturated carbocycles. The highest BCUT2D eigenvalue weighted by Crippen LogP contribution is 2.23. The van der Waals surface area contributed by atoms with Gasteiger partial charge < -0.3 is 4.74 Å². The van der Waals surface area contributed by atoms with Crippen LogP contribution in [0.2, 0.25) is 0 Å². The number of benzene rings is 2. The van der Waals surface area contributed by atoms with Gasteiger partial charge in [-0.3, -0.25) is 0 Å². The zero-order valence-electron chi connectivity index (χ0n) is 11.8. The second-order valence-electron chi connectivity index (χ2n) is 4.69. The third-order valence-electron chi connectivity index (χ3n) is 3.38. The maximum absolute atomic E-state index is 12.7. The Balaban J connectivity index is 2.15. The van der Waals surface area contributed by atoms with Gasteiger partial charge in [-0.1, -0.05) is 18.2 Å². The first-order valence-electron chi connectivity index (χ1n) is 6.54. The van der Waals surface area contributed by atoms with Gasteiger partial charge in [0.25, 0.3) is 10.0 Å². The molecule has 3 rings (SSSR count). The van der Waals surface area contributed by atoms with E-state index in [1.165, 1.54) is 17.3 Å². The average molecular weight is 315 g/mol. The van der Waals surface area contributed by atoms with Crippen molar-refractivity contribution in [3.63, 3.8) is 0 Å². The van der Waals surface area contributed by atoms with Crippen LogP contribution in [0, 0.1) is 0 Å². The monoisotopic (exact) mass is 315 g/mol. The number of nitrogens with zero attached hydrogens (tertiary/aromatic N) is 1. The number of methoxy groups -OCH3 is 1. The summed E-state index contributed by atoms with van der Waals surface area (Å²) in [6.45, 7) is 0. The maximum Gasteiger partial charge on any atom is 0.337 e. The van der Waals surface area contributed by atoms with Crippen LogP contribution < -0.4 is 0 Å². The van der Waals surface area contributed by atoms with E-state index in [0.717, 1.165) is 0 Å². The molecule has 6 heteroatoms. The fraction of sp³-hybridized carbons (Fsp3) is 0.0625. The lowest BCUT2D eigenvalue weighted by Crippen LogP contribution is -2.11. The van der Waals surface area contributed by atoms with Crippen molar-refractivity contribution in [1.82, 2.24) is 3.97 Å². The molecular weight excluding hydrogens is 302 g/mol. The smallest absolute Gasteiger partial charge is 0.337 e. The third-order valence-corrected chi connectivity index (χ3v) is 5.08. The zero-order valence-corrected chi connectivity index (χ0v) is 12.6. The van der Waals surface area contributed by atoms with Crippen LogP contribution >= 0.6 is 0 Å². The van der Waals surface area contributed by atoms with Crippen LogP contribution in [0.1, 0.15) is 10.4 Å². The molecule has 0 amide bonds. The molecule has 0 aliphatic carbocycles. The molecule has 1 aromatic heterocycles. The minimum atomic E-state index is -3.66. The molecule has 0 bridgehead atoms. The van der Waals surface area contributed by atoms with Crippen LogP contribution in [0.15, 0.2) is 65.7 Å². The highest BCUT2D eigenvalue weighted by atomic mass is 32.2. The second-order valence-corrected chi connectivity index (χ2v) is 6.51. The van der Waals surface area contributed by atoms with Crippen molar-refractivity contribution in [3.8, 4) is 0 Å². The molecular formula is C16H13NO4S. The van der Waals surface area contributed by atoms with Gasteiger partial charge in [0.1, 0.15) is 0 Å². The molecule has 3 aromatic rings. The van der Waals surface area contributed by atoms with E-state index >= 15 is 0 Å². The Morgan fingerprint density at radius 1 is 1.05 bits per heavy atom. The largest absolute Gasteiger partial charge is 0.465 e. The van der Waals surface area contributed by atoms with Crippen LogP contribution in [0.3, 0.4) is 0 Å². The number of carbonyl (C=O) groups excluding carboxylic acids is 1. The number of ether oxygens (including phenoxy) is 1. The molecule has 1 heterocycles. The van der Waals surface area contributed by atoms with E-state index in [2.05, 4.69) is 4.74 Å². The van der Waals surface area contributed by atoms with Crippen molar-refractivity contribution in [2.45, 2.75) is 4.90 Å². The molecule has 2 aromatic carbocycles. The van der Waals surface area contributed by atoms with Crippen molar-refractivity contribution >= 4 is 26.9 Å². The SMILES string of the molecule is COC(=O)c1ccc2c(ccn2S(=O)(=O)c2ccccc2)c1. The summed E-state index contributed by atoms with van der Waals surface area (Å²) < 4.78 is 31.2. The number of aromatic nitrogens is 1. The minimum absolute atomic E-state index is 0.213. The average Bonchev–Trinajstić information content (AvgIpc) is 2.98. The molecule has 22 heavy (non-hydrogen) atoms. The molecule has 0 spiro atoms. The summed E-state index contributed by atoms with van der Waals surface area (Å²) in [6.07, 6.45) is 1.48. The molecule has 0 radical (unpaired) electrons. The zero-order chi connectivity index (χ0) is 15.7. The molecule has 0 saturated heterocycles. The van der Waals surface area contributed by atoms with Crippen molar-refractivity contribution in [1.29, 1.82) is 0 Å². The standard InChI is InChI=1S/C16H13NO4S/c1-21-16(18)13-7-8-15-12(11-13)9-10-17(15)22(19,20)14-5-3-2-4-6-14/h2-11H,1H3. The van der Waals surface area contributed by atoms with E-state index in [1.807, 2.05) is 0 Å². The third kappa shape index (κ3) is 2.27. The molecule has 112 valence electrons. The van der Waals surface area contributed by atoms with Crippen molar-refractivity contribution < 1.29 is 17.9 Å². The summed E-state index contributed by atoms with van der Waals surface area (Å²) in [5.74, 6) is -0.458. The lowest BCUT2D eigenvalue weighted by molar-refractivity contribution is 0.0601. The van der Waals surface area contributed by atoms with Crippen LogP contribution in [0.4, 0.5) is 0 Å². The van der Waals surface area contributed by atoms with E-state index in [0.29, 0.717) is 16.5 Å². The van der Waals surface area contributed by atoms with Crippen molar-refractivity contribution in [3.05, 3.63) is 66.4 Å². The van der Waals surface area contributed by atoms with E-state index in [-0.39, 0.29) is 4.90 Å². The van der Waals surface area contributed by atoms with E-state index < -0.39 is 16.0 Å². The molecule has 5 nitrogen and oxygen atoms in total. The Morgan fingerprint density at radius 3 is 2.45 bits per heavy atom. The summed E-state index contributed by atoms with van der Waals surface area (Å²) in [6, 6.07) is 14.6. The molecule has 0 aliphatic heterocycles. The fourth-order valence-electron chi connectivity index (χ4n) is 2.28. The number of esters is 1. The number of carbonyl (C=O) groups is 1. The van der Waals surface area contributed by atoms with E-state index in [4.69, 9.17) is 0 Å². The van der Waals surface area contributed by atoms with Crippen LogP contribution in [0.5, 0.6) is 0 Å². The number of fused-ring (bicyclic) bond motifs is 1. The predicted molar refractivity (Wildman–Crippen MR) is 82.3 cm³/mol. The number of rotatable bonds is 3. The van der Waals surface area contributed by atoms with Gasteiger partial charge >= 0.3 is 5.97 Å². The van der Waals surface area contributed by atoms with Crippen LogP contribution in [-0.2, 0) is 14.8 Å². The van der Waals surface area contributed by atoms with Gasteiger partial charge in [-0.25, -0.2) is 17.2 Å². The van der Waals surface area contributed by atoms with Gasteiger partial charge in [0.05, 0.1) is 23.1 Å². The molecule has 0 fully saturated rings. The Kier molecular flexibility index (Phi) is 3.46. The van der Waals surface area contributed by atoms with Gasteiger partial charge in [0.15, 0.2) is 0 Å². The topological polar surface area (TPSA) is 65.4 Å². The number of hydrogen-bond donors (Lipinski definition) is 0. The van der Waals surface area contributed by atoms with Crippen molar-refractivity contribution in [2.75, 3.05) is 7.11 Å². The number of hydrogen-bond acceptors (Lipinski definition) is 4. The Bertz CT molecular complexity index is 943. The molecule has 0 N–H and O–H groups in total. The highest BCUT2D eigenvalue weighted by Gasteiger charge is 2.19. The van der Waals surface area contributed by atoms with E-state index in [9.17, 15) is 13.2 Å². The van der Waals surface area contributed by atoms with Gasteiger partial charge in [-0.15, -0.1) is 0 Å². The minimum Gasteiger partial charge on any atom is -0.465 e. The maximum atomic E-state index is 12.7. The van der Waals surface area contributed by atoms with Gasteiger partial charge in [0, 0.05) is 11.6 Å². The van der Waals surface area contributed by atoms with E-state index in [1.54, 1.807) is 54.6 Å². The lowest BCUT2D eigenvalue weighted by Gasteiger charge is -2.07. The summed E-state index contributed by atoms with van der Waals surface area (Å²) in [7, 11) is -2.36. The fourth-order valence-corrected chi connectivity index (χ4v) is 3.65. The second kappa shape index (κ2) is 5.31. The van der Waals surface area contributed by atoms with Crippen LogP contribution in [-0.4, -0.2) is 25.5 Å². The first-order valence-corrected chi connectivity index (χ1v) is 7.98. The molecule has 0 aliphatic rings. The summed E-state index contributed by atoms with van der Waals surface area (Å²) >= 11 is 0. The lowest BCUT2D eigenvalue weighted by atomic mass is 10.1. The van der Waals surface area contributed by atoms with Crippen LogP contribution in [0.25, 0.3) is 10.9 Å². The van der Waals surface area contributed by atoms with Crippen molar-refractivity contribution in [2.24, 2.45) is 0 Å². The summed E-state index contributed by atoms with van der Waals surface area (Å²) in [4.78, 5) is 11.7. The summed E-state index contributed by atoms with van der Waals surface area (Å²) in [5.41, 5.74) is 0.890. The van der Waals surface area contributed by atoms with Gasteiger partial charge in [-0.2, -0.15) is 0 Å². The Labute approximate surface area is 127 Å². The normalized spacial score (nSPS) is 11.5. The molecule has 0 unspecified atom stereocenters. The van der Waals surface area contributed by atoms with Gasteiger partial charge in [0.2, 0.25) is 0 Å². The Morgan fingerprint density at radius 2 is 1.77 bits per heavy atom. The first kappa shape index (κ1) is 14.3.